The van der Waals surface area contributed by atoms with E-state index in [2.05, 4.69) is 55.6 Å². The quantitative estimate of drug-likeness (QED) is 0.396. The van der Waals surface area contributed by atoms with Gasteiger partial charge in [0.1, 0.15) is 0 Å². The molecule has 0 unspecified atom stereocenters. The van der Waals surface area contributed by atoms with Gasteiger partial charge in [-0.2, -0.15) is 17.5 Å². The zero-order valence-electron chi connectivity index (χ0n) is 13.6. The molecule has 0 saturated heterocycles. The van der Waals surface area contributed by atoms with E-state index in [4.69, 9.17) is 24.3 Å². The molecule has 0 aliphatic heterocycles. The third kappa shape index (κ3) is 11.1. The maximum absolute atomic E-state index is 10.3. The van der Waals surface area contributed by atoms with Crippen molar-refractivity contribution in [2.45, 2.75) is 38.8 Å². The fraction of sp³-hybridized carbons (Fsp3) is 0.412. The van der Waals surface area contributed by atoms with Gasteiger partial charge in [0.25, 0.3) is 0 Å². The molecular weight excluding hydrogens is 381 g/mol. The van der Waals surface area contributed by atoms with Crippen LogP contribution in [0.15, 0.2) is 42.5 Å². The van der Waals surface area contributed by atoms with Crippen molar-refractivity contribution < 1.29 is 21.8 Å². The first-order valence-corrected chi connectivity index (χ1v) is 13.8. The number of halogens is 2. The Labute approximate surface area is 159 Å². The van der Waals surface area contributed by atoms with E-state index in [0.717, 1.165) is 35.2 Å². The maximum Gasteiger partial charge on any atom is 0.0519 e. The molecule has 0 heterocycles. The van der Waals surface area contributed by atoms with Crippen molar-refractivity contribution in [3.05, 3.63) is 48.2 Å². The van der Waals surface area contributed by atoms with Crippen LogP contribution in [0, 0.1) is 5.92 Å². The summed E-state index contributed by atoms with van der Waals surface area (Å²) in [5.41, 5.74) is 6.74. The standard InChI is InChI=1S/C9H7.C6H11NO.C2H6Si.2ClH.Ti/c1-2-5-9-7-3-6-8(9)4-1;7-6(8)5-3-1-2-4-5;1-3-2;;;/h1-7H;5H,1-4H2,(H2,7,8);1-2H3;2*1H;/q-1;;;;;+2/p-3. The van der Waals surface area contributed by atoms with Crippen LogP contribution in [0.4, 0.5) is 0 Å². The summed E-state index contributed by atoms with van der Waals surface area (Å²) in [7, 11) is 10.9. The Bertz CT molecular complexity index is 498. The van der Waals surface area contributed by atoms with Crippen molar-refractivity contribution >= 4 is 44.8 Å². The summed E-state index contributed by atoms with van der Waals surface area (Å²) in [5.74, 6) is -0.266. The van der Waals surface area contributed by atoms with Crippen LogP contribution in [0.2, 0.25) is 13.1 Å². The molecule has 3 rings (SSSR count). The molecule has 2 radical (unpaired) electrons. The molecule has 2 aromatic carbocycles. The molecule has 1 N–H and O–H groups in total. The minimum atomic E-state index is -0.556. The number of amides is 1. The molecule has 1 aliphatic rings. The second-order valence-corrected chi connectivity index (χ2v) is 8.65. The number of nitrogens with one attached hydrogen (secondary N) is 1. The predicted molar refractivity (Wildman–Crippen MR) is 100 cm³/mol. The van der Waals surface area contributed by atoms with Crippen molar-refractivity contribution in [3.8, 4) is 0 Å². The number of fused-ring (bicyclic) bond motifs is 1. The van der Waals surface area contributed by atoms with Gasteiger partial charge in [-0.3, -0.25) is 0 Å². The average molecular weight is 404 g/mol. The molecule has 0 atom stereocenters. The summed E-state index contributed by atoms with van der Waals surface area (Å²) in [6.45, 7) is 4.31. The number of carbonyl (C=O) groups excluding carboxylic acids is 1. The van der Waals surface area contributed by atoms with Crippen molar-refractivity contribution in [1.82, 2.24) is 0 Å². The number of benzene rings is 1. The zero-order valence-corrected chi connectivity index (χ0v) is 17.7. The van der Waals surface area contributed by atoms with Crippen LogP contribution in [0.3, 0.4) is 0 Å². The molecular formula is C17H23Cl2NOSiTi-2. The van der Waals surface area contributed by atoms with E-state index in [1.54, 1.807) is 0 Å². The molecule has 1 amide bonds. The summed E-state index contributed by atoms with van der Waals surface area (Å²) in [6, 6.07) is 14.7. The van der Waals surface area contributed by atoms with E-state index >= 15 is 0 Å². The number of hydrogen-bond acceptors (Lipinski definition) is 1. The Morgan fingerprint density at radius 2 is 1.74 bits per heavy atom. The number of carbonyl (C=O) groups is 1. The minimum Gasteiger partial charge on any atom is -0.668 e. The fourth-order valence-electron chi connectivity index (χ4n) is 2.26. The first-order valence-electron chi connectivity index (χ1n) is 7.51. The molecule has 2 aromatic rings. The summed E-state index contributed by atoms with van der Waals surface area (Å²) < 4.78 is 0. The third-order valence-electron chi connectivity index (χ3n) is 3.27. The predicted octanol–water partition coefficient (Wildman–Crippen LogP) is 6.48. The molecule has 1 aliphatic carbocycles. The van der Waals surface area contributed by atoms with Gasteiger partial charge >= 0.3 is 35.6 Å². The summed E-state index contributed by atoms with van der Waals surface area (Å²) in [4.78, 5) is 10.3. The Morgan fingerprint density at radius 1 is 1.22 bits per heavy atom. The Kier molecular flexibility index (Phi) is 15.2. The normalized spacial score (nSPS) is 12.9. The molecule has 0 aromatic heterocycles. The van der Waals surface area contributed by atoms with Crippen LogP contribution in [0.25, 0.3) is 16.5 Å². The third-order valence-corrected chi connectivity index (χ3v) is 3.27. The topological polar surface area (TPSA) is 40.9 Å². The largest absolute Gasteiger partial charge is 0.668 e. The van der Waals surface area contributed by atoms with E-state index in [1.807, 2.05) is 0 Å². The second kappa shape index (κ2) is 15.3. The van der Waals surface area contributed by atoms with Gasteiger partial charge in [0.2, 0.25) is 0 Å². The molecule has 126 valence electrons. The van der Waals surface area contributed by atoms with E-state index < -0.39 is 17.0 Å². The van der Waals surface area contributed by atoms with Gasteiger partial charge in [-0.25, -0.2) is 0 Å². The molecule has 23 heavy (non-hydrogen) atoms. The van der Waals surface area contributed by atoms with Gasteiger partial charge in [0, 0.05) is 15.4 Å². The summed E-state index contributed by atoms with van der Waals surface area (Å²) >= 11 is -0.556. The minimum absolute atomic E-state index is 0.0926. The van der Waals surface area contributed by atoms with E-state index in [1.165, 1.54) is 10.8 Å². The van der Waals surface area contributed by atoms with E-state index in [-0.39, 0.29) is 11.8 Å². The SMILES string of the molecule is C[Si]C.[Cl][Ti][Cl].[NH-]C(=O)C1CCCC1.c1ccc2[cH-]ccc2c1. The van der Waals surface area contributed by atoms with Crippen LogP contribution in [-0.4, -0.2) is 15.4 Å². The molecule has 0 spiro atoms. The molecule has 1 fully saturated rings. The van der Waals surface area contributed by atoms with E-state index in [9.17, 15) is 4.79 Å². The van der Waals surface area contributed by atoms with Gasteiger partial charge in [-0.1, -0.05) is 32.0 Å². The van der Waals surface area contributed by atoms with Crippen molar-refractivity contribution in [2.24, 2.45) is 5.92 Å². The van der Waals surface area contributed by atoms with Crippen LogP contribution >= 0.6 is 18.6 Å². The second-order valence-electron chi connectivity index (χ2n) is 5.07. The molecule has 6 heteroatoms. The van der Waals surface area contributed by atoms with Gasteiger partial charge in [0.05, 0.1) is 5.91 Å². The summed E-state index contributed by atoms with van der Waals surface area (Å²) in [6.07, 6.45) is 4.22. The van der Waals surface area contributed by atoms with E-state index in [0.29, 0.717) is 0 Å². The van der Waals surface area contributed by atoms with Crippen LogP contribution < -0.4 is 0 Å². The maximum atomic E-state index is 10.3. The van der Waals surface area contributed by atoms with Gasteiger partial charge in [-0.05, 0) is 12.8 Å². The van der Waals surface area contributed by atoms with Crippen LogP contribution in [-0.2, 0) is 21.8 Å². The molecule has 2 nitrogen and oxygen atoms in total. The first-order chi connectivity index (χ1) is 11.1. The van der Waals surface area contributed by atoms with Crippen molar-refractivity contribution in [2.75, 3.05) is 0 Å². The monoisotopic (exact) mass is 403 g/mol. The van der Waals surface area contributed by atoms with Crippen LogP contribution in [0.1, 0.15) is 25.7 Å². The van der Waals surface area contributed by atoms with Crippen molar-refractivity contribution in [1.29, 1.82) is 0 Å². The Morgan fingerprint density at radius 3 is 2.17 bits per heavy atom. The average Bonchev–Trinajstić information content (AvgIpc) is 3.21. The first kappa shape index (κ1) is 22.8. The zero-order chi connectivity index (χ0) is 17.5. The van der Waals surface area contributed by atoms with Crippen LogP contribution in [0.5, 0.6) is 0 Å². The number of hydrogen-bond donors (Lipinski definition) is 0. The fourth-order valence-corrected chi connectivity index (χ4v) is 2.26. The Balaban J connectivity index is 0.000000318. The van der Waals surface area contributed by atoms with Gasteiger partial charge in [-0.15, -0.1) is 29.7 Å². The molecule has 1 saturated carbocycles. The molecule has 0 bridgehead atoms. The van der Waals surface area contributed by atoms with Gasteiger partial charge < -0.3 is 10.5 Å². The summed E-state index contributed by atoms with van der Waals surface area (Å²) in [5, 5.41) is 2.66. The Hall–Kier alpha value is -0.189. The smallest absolute Gasteiger partial charge is 0.0519 e. The number of rotatable bonds is 1. The van der Waals surface area contributed by atoms with Gasteiger partial charge in [0.15, 0.2) is 0 Å². The van der Waals surface area contributed by atoms with Crippen molar-refractivity contribution in [3.63, 3.8) is 0 Å².